The van der Waals surface area contributed by atoms with E-state index < -0.39 is 16.1 Å². The van der Waals surface area contributed by atoms with Gasteiger partial charge in [0.15, 0.2) is 0 Å². The van der Waals surface area contributed by atoms with Crippen molar-refractivity contribution in [2.24, 2.45) is 0 Å². The Bertz CT molecular complexity index is 952. The molecule has 0 amide bonds. The summed E-state index contributed by atoms with van der Waals surface area (Å²) in [7, 11) is 0. The zero-order chi connectivity index (χ0) is 18.8. The van der Waals surface area contributed by atoms with Gasteiger partial charge >= 0.3 is 0 Å². The fraction of sp³-hybridized carbons (Fsp3) is 0.158. The van der Waals surface area contributed by atoms with Crippen molar-refractivity contribution in [1.29, 1.82) is 0 Å². The Morgan fingerprint density at radius 3 is 2.58 bits per heavy atom. The van der Waals surface area contributed by atoms with Crippen LogP contribution in [-0.4, -0.2) is 15.1 Å². The third-order valence-electron chi connectivity index (χ3n) is 4.33. The maximum atomic E-state index is 12.2. The second kappa shape index (κ2) is 7.09. The number of aromatic nitrogens is 1. The minimum absolute atomic E-state index is 0.0434. The summed E-state index contributed by atoms with van der Waals surface area (Å²) in [6, 6.07) is 11.7. The third kappa shape index (κ3) is 3.23. The first-order valence-electron chi connectivity index (χ1n) is 7.94. The molecule has 0 saturated heterocycles. The molecule has 1 aromatic heterocycles. The van der Waals surface area contributed by atoms with Gasteiger partial charge in [-0.15, -0.1) is 0 Å². The van der Waals surface area contributed by atoms with E-state index in [-0.39, 0.29) is 5.69 Å². The number of rotatable bonds is 4. The van der Waals surface area contributed by atoms with Crippen LogP contribution in [0.25, 0.3) is 5.57 Å². The van der Waals surface area contributed by atoms with Crippen LogP contribution in [-0.2, 0) is 4.79 Å². The summed E-state index contributed by atoms with van der Waals surface area (Å²) in [5, 5.41) is 13.8. The molecule has 1 atom stereocenters. The van der Waals surface area contributed by atoms with Gasteiger partial charge in [-0.2, -0.15) is 0 Å². The smallest absolute Gasteiger partial charge is 0.269 e. The lowest BCUT2D eigenvalue weighted by molar-refractivity contribution is -0.384. The van der Waals surface area contributed by atoms with E-state index in [9.17, 15) is 14.9 Å². The predicted molar refractivity (Wildman–Crippen MR) is 99.4 cm³/mol. The molecule has 1 aliphatic rings. The molecule has 0 spiro atoms. The number of pyridine rings is 1. The van der Waals surface area contributed by atoms with E-state index in [1.165, 1.54) is 12.1 Å². The van der Waals surface area contributed by atoms with Crippen molar-refractivity contribution in [2.75, 3.05) is 0 Å². The van der Waals surface area contributed by atoms with E-state index in [1.807, 2.05) is 19.1 Å². The minimum Gasteiger partial charge on any atom is -0.362 e. The largest absolute Gasteiger partial charge is 0.362 e. The molecule has 2 aromatic rings. The lowest BCUT2D eigenvalue weighted by Gasteiger charge is -2.30. The van der Waals surface area contributed by atoms with Crippen molar-refractivity contribution < 1.29 is 9.72 Å². The Labute approximate surface area is 155 Å². The van der Waals surface area contributed by atoms with Gasteiger partial charge in [-0.05, 0) is 43.1 Å². The summed E-state index contributed by atoms with van der Waals surface area (Å²) < 4.78 is 0. The predicted octanol–water partition coefficient (Wildman–Crippen LogP) is 4.15. The quantitative estimate of drug-likeness (QED) is 0.497. The maximum Gasteiger partial charge on any atom is 0.269 e. The van der Waals surface area contributed by atoms with Crippen molar-refractivity contribution in [1.82, 2.24) is 10.3 Å². The highest BCUT2D eigenvalue weighted by Crippen LogP contribution is 2.43. The van der Waals surface area contributed by atoms with E-state index >= 15 is 0 Å². The van der Waals surface area contributed by atoms with E-state index in [2.05, 4.69) is 10.3 Å². The first kappa shape index (κ1) is 17.8. The van der Waals surface area contributed by atoms with Crippen molar-refractivity contribution >= 4 is 28.1 Å². The van der Waals surface area contributed by atoms with Gasteiger partial charge in [0.2, 0.25) is 0 Å². The Balaban J connectivity index is 2.26. The number of benzene rings is 1. The first-order chi connectivity index (χ1) is 12.4. The van der Waals surface area contributed by atoms with Gasteiger partial charge in [-0.1, -0.05) is 18.2 Å². The fourth-order valence-corrected chi connectivity index (χ4v) is 3.52. The lowest BCUT2D eigenvalue weighted by Crippen LogP contribution is -2.26. The highest BCUT2D eigenvalue weighted by atomic mass is 35.5. The number of dihydropyridines is 1. The summed E-state index contributed by atoms with van der Waals surface area (Å²) in [4.78, 5) is 27.3. The van der Waals surface area contributed by atoms with Crippen LogP contribution in [0.5, 0.6) is 0 Å². The number of halogens is 1. The maximum absolute atomic E-state index is 12.2. The van der Waals surface area contributed by atoms with Crippen LogP contribution < -0.4 is 5.32 Å². The number of nitrogens with one attached hydrogen (secondary N) is 1. The highest BCUT2D eigenvalue weighted by molar-refractivity contribution is 6.68. The number of nitro groups is 1. The molecule has 2 heterocycles. The van der Waals surface area contributed by atoms with Gasteiger partial charge in [0.1, 0.15) is 0 Å². The zero-order valence-electron chi connectivity index (χ0n) is 14.2. The van der Waals surface area contributed by atoms with E-state index in [4.69, 9.17) is 11.6 Å². The van der Waals surface area contributed by atoms with Gasteiger partial charge in [0.05, 0.1) is 10.6 Å². The Morgan fingerprint density at radius 1 is 1.19 bits per heavy atom. The fourth-order valence-electron chi connectivity index (χ4n) is 3.27. The molecule has 26 heavy (non-hydrogen) atoms. The van der Waals surface area contributed by atoms with Crippen molar-refractivity contribution in [3.05, 3.63) is 87.0 Å². The average Bonchev–Trinajstić information content (AvgIpc) is 2.61. The molecular weight excluding hydrogens is 354 g/mol. The van der Waals surface area contributed by atoms with Gasteiger partial charge in [0, 0.05) is 46.8 Å². The molecule has 1 N–H and O–H groups in total. The van der Waals surface area contributed by atoms with Crippen LogP contribution in [0, 0.1) is 10.1 Å². The minimum atomic E-state index is -0.604. The first-order valence-corrected chi connectivity index (χ1v) is 8.32. The van der Waals surface area contributed by atoms with Crippen LogP contribution >= 0.6 is 11.6 Å². The molecule has 6 nitrogen and oxygen atoms in total. The van der Waals surface area contributed by atoms with Crippen LogP contribution in [0.15, 0.2) is 65.6 Å². The number of allylic oxidation sites excluding steroid dienone is 4. The van der Waals surface area contributed by atoms with Crippen LogP contribution in [0.3, 0.4) is 0 Å². The number of nitro benzene ring substituents is 1. The number of carbonyl (C=O) groups excluding carboxylic acids is 1. The molecule has 0 saturated carbocycles. The Kier molecular flexibility index (Phi) is 4.86. The van der Waals surface area contributed by atoms with E-state index in [0.717, 1.165) is 11.3 Å². The highest BCUT2D eigenvalue weighted by Gasteiger charge is 2.34. The molecule has 7 heteroatoms. The standard InChI is InChI=1S/C19H16ClN3O3/c1-11-16(15-8-3-4-9-21-15)18(17(19(20)24)12(2)22-11)13-6-5-7-14(10-13)23(25)26/h3-10,18,22H,1-2H3. The van der Waals surface area contributed by atoms with Gasteiger partial charge in [-0.3, -0.25) is 19.9 Å². The second-order valence-electron chi connectivity index (χ2n) is 5.98. The van der Waals surface area contributed by atoms with Gasteiger partial charge < -0.3 is 5.32 Å². The van der Waals surface area contributed by atoms with Crippen molar-refractivity contribution in [3.8, 4) is 0 Å². The SMILES string of the molecule is CC1=C(C(=O)Cl)C(c2cccc([N+](=O)[O-])c2)C(c2ccccn2)=C(C)N1. The third-order valence-corrected chi connectivity index (χ3v) is 4.53. The van der Waals surface area contributed by atoms with Gasteiger partial charge in [0.25, 0.3) is 10.9 Å². The zero-order valence-corrected chi connectivity index (χ0v) is 14.9. The molecule has 0 radical (unpaired) electrons. The lowest BCUT2D eigenvalue weighted by atomic mass is 9.79. The molecule has 1 aromatic carbocycles. The Hall–Kier alpha value is -2.99. The van der Waals surface area contributed by atoms with E-state index in [0.29, 0.717) is 22.5 Å². The second-order valence-corrected chi connectivity index (χ2v) is 6.32. The monoisotopic (exact) mass is 369 g/mol. The molecule has 1 aliphatic heterocycles. The normalized spacial score (nSPS) is 17.1. The number of hydrogen-bond acceptors (Lipinski definition) is 5. The number of hydrogen-bond donors (Lipinski definition) is 1. The molecular formula is C19H16ClN3O3. The number of non-ortho nitro benzene ring substituents is 1. The molecule has 132 valence electrons. The van der Waals surface area contributed by atoms with E-state index in [1.54, 1.807) is 31.3 Å². The topological polar surface area (TPSA) is 85.1 Å². The molecule has 3 rings (SSSR count). The summed E-state index contributed by atoms with van der Waals surface area (Å²) in [6.07, 6.45) is 1.66. The molecule has 0 bridgehead atoms. The van der Waals surface area contributed by atoms with Crippen LogP contribution in [0.2, 0.25) is 0 Å². The Morgan fingerprint density at radius 2 is 1.96 bits per heavy atom. The number of nitrogens with zero attached hydrogens (tertiary/aromatic N) is 2. The summed E-state index contributed by atoms with van der Waals surface area (Å²) in [5.41, 5.74) is 3.82. The molecule has 1 unspecified atom stereocenters. The summed E-state index contributed by atoms with van der Waals surface area (Å²) in [5.74, 6) is -0.545. The molecule has 0 fully saturated rings. The average molecular weight is 370 g/mol. The number of carbonyl (C=O) groups is 1. The van der Waals surface area contributed by atoms with Crippen molar-refractivity contribution in [3.63, 3.8) is 0 Å². The van der Waals surface area contributed by atoms with Crippen LogP contribution in [0.1, 0.15) is 31.0 Å². The van der Waals surface area contributed by atoms with Crippen LogP contribution in [0.4, 0.5) is 5.69 Å². The summed E-state index contributed by atoms with van der Waals surface area (Å²) >= 11 is 5.89. The molecule has 0 aliphatic carbocycles. The summed E-state index contributed by atoms with van der Waals surface area (Å²) in [6.45, 7) is 3.64. The van der Waals surface area contributed by atoms with Gasteiger partial charge in [-0.25, -0.2) is 0 Å². The van der Waals surface area contributed by atoms with Crippen molar-refractivity contribution in [2.45, 2.75) is 19.8 Å².